The van der Waals surface area contributed by atoms with Crippen LogP contribution in [-0.2, 0) is 0 Å². The molecule has 3 nitrogen and oxygen atoms in total. The Morgan fingerprint density at radius 1 is 1.08 bits per heavy atom. The van der Waals surface area contributed by atoms with E-state index in [1.165, 1.54) is 62.5 Å². The molecule has 5 fully saturated rings. The number of hydrogen-bond donors (Lipinski definition) is 3. The molecule has 11 atom stereocenters. The van der Waals surface area contributed by atoms with Crippen molar-refractivity contribution < 1.29 is 5.11 Å². The van der Waals surface area contributed by atoms with Gasteiger partial charge in [-0.15, -0.1) is 0 Å². The molecular weight excluding hydrogens is 452 g/mol. The molecule has 0 aromatic rings. The number of aliphatic hydroxyl groups excluding tert-OH is 1. The number of piperidine rings is 1. The lowest BCUT2D eigenvalue weighted by Gasteiger charge is -2.62. The summed E-state index contributed by atoms with van der Waals surface area (Å²) in [6.45, 7) is 14.1. The van der Waals surface area contributed by atoms with Gasteiger partial charge in [0.15, 0.2) is 0 Å². The van der Waals surface area contributed by atoms with Crippen molar-refractivity contribution in [1.29, 1.82) is 0 Å². The fourth-order valence-corrected chi connectivity index (χ4v) is 11.6. The monoisotopic (exact) mass is 502 g/mol. The molecule has 0 amide bonds. The van der Waals surface area contributed by atoms with Crippen molar-refractivity contribution in [2.45, 2.75) is 115 Å². The number of likely N-dealkylation sites (N-methyl/N-ethyl adjacent to an activating group) is 1. The zero-order valence-corrected chi connectivity index (χ0v) is 24.0. The fourth-order valence-electron chi connectivity index (χ4n) is 11.6. The van der Waals surface area contributed by atoms with Crippen molar-refractivity contribution in [3.05, 3.63) is 47.1 Å². The number of nitrogens with one attached hydrogen (secondary N) is 2. The van der Waals surface area contributed by atoms with Crippen LogP contribution in [0.25, 0.3) is 0 Å². The van der Waals surface area contributed by atoms with Crippen molar-refractivity contribution in [2.24, 2.45) is 40.4 Å². The molecule has 2 aliphatic heterocycles. The molecule has 2 heterocycles. The summed E-state index contributed by atoms with van der Waals surface area (Å²) >= 11 is 0. The summed E-state index contributed by atoms with van der Waals surface area (Å²) in [6, 6.07) is 0.267. The van der Waals surface area contributed by atoms with Gasteiger partial charge in [-0.05, 0) is 133 Å². The zero-order chi connectivity index (χ0) is 26.0. The SMILES string of the molecule is C=C(C)[C@@H]1CC[C@@]2(C)CC([C@@]34C=C[C@@]56[C@@H](C[C@@H]7C[C@H](NC)[C@@H](O)C[C@H]75)C[C@@H](CC3)[C@@]6(C)N4)=CC(C)=C2C1. The van der Waals surface area contributed by atoms with E-state index in [4.69, 9.17) is 0 Å². The Morgan fingerprint density at radius 2 is 1.89 bits per heavy atom. The van der Waals surface area contributed by atoms with Crippen LogP contribution in [0.15, 0.2) is 47.1 Å². The summed E-state index contributed by atoms with van der Waals surface area (Å²) in [5.41, 5.74) is 6.89. The maximum absolute atomic E-state index is 11.1. The zero-order valence-electron chi connectivity index (χ0n) is 24.0. The van der Waals surface area contributed by atoms with Gasteiger partial charge in [-0.25, -0.2) is 0 Å². The van der Waals surface area contributed by atoms with Gasteiger partial charge < -0.3 is 10.4 Å². The molecule has 7 aliphatic rings. The largest absolute Gasteiger partial charge is 0.391 e. The van der Waals surface area contributed by atoms with E-state index in [0.717, 1.165) is 30.6 Å². The third-order valence-corrected chi connectivity index (χ3v) is 13.6. The van der Waals surface area contributed by atoms with Gasteiger partial charge in [0.1, 0.15) is 0 Å². The fraction of sp³-hybridized carbons (Fsp3) is 0.765. The number of hydrogen-bond acceptors (Lipinski definition) is 3. The first-order valence-electron chi connectivity index (χ1n) is 15.5. The molecule has 37 heavy (non-hydrogen) atoms. The van der Waals surface area contributed by atoms with Crippen molar-refractivity contribution in [2.75, 3.05) is 7.05 Å². The van der Waals surface area contributed by atoms with E-state index in [1.807, 2.05) is 7.05 Å². The van der Waals surface area contributed by atoms with Crippen LogP contribution in [0.4, 0.5) is 0 Å². The first-order valence-corrected chi connectivity index (χ1v) is 15.5. The molecule has 1 saturated heterocycles. The summed E-state index contributed by atoms with van der Waals surface area (Å²) in [5.74, 6) is 3.54. The summed E-state index contributed by atoms with van der Waals surface area (Å²) < 4.78 is 0. The van der Waals surface area contributed by atoms with E-state index in [-0.39, 0.29) is 28.6 Å². The molecule has 2 bridgehead atoms. The highest BCUT2D eigenvalue weighted by atomic mass is 16.3. The van der Waals surface area contributed by atoms with Crippen LogP contribution in [0.1, 0.15) is 91.9 Å². The van der Waals surface area contributed by atoms with Crippen LogP contribution in [0, 0.1) is 40.4 Å². The van der Waals surface area contributed by atoms with Gasteiger partial charge in [0, 0.05) is 17.0 Å². The minimum absolute atomic E-state index is 0.00523. The van der Waals surface area contributed by atoms with Crippen molar-refractivity contribution >= 4 is 0 Å². The van der Waals surface area contributed by atoms with Gasteiger partial charge in [-0.3, -0.25) is 5.32 Å². The Hall–Kier alpha value is -1.16. The van der Waals surface area contributed by atoms with Crippen LogP contribution >= 0.6 is 0 Å². The quantitative estimate of drug-likeness (QED) is 0.388. The predicted octanol–water partition coefficient (Wildman–Crippen LogP) is 6.47. The van der Waals surface area contributed by atoms with Crippen molar-refractivity contribution in [3.63, 3.8) is 0 Å². The molecule has 4 saturated carbocycles. The Labute approximate surface area is 225 Å². The van der Waals surface area contributed by atoms with Crippen LogP contribution in [0.5, 0.6) is 0 Å². The number of fused-ring (bicyclic) bond motifs is 3. The highest BCUT2D eigenvalue weighted by Gasteiger charge is 2.73. The molecular formula is C34H50N2O. The molecule has 0 aromatic carbocycles. The van der Waals surface area contributed by atoms with Crippen LogP contribution in [-0.4, -0.2) is 35.4 Å². The highest BCUT2D eigenvalue weighted by molar-refractivity contribution is 5.49. The minimum atomic E-state index is -0.216. The van der Waals surface area contributed by atoms with Gasteiger partial charge >= 0.3 is 0 Å². The van der Waals surface area contributed by atoms with Crippen LogP contribution in [0.3, 0.4) is 0 Å². The summed E-state index contributed by atoms with van der Waals surface area (Å²) in [6.07, 6.45) is 20.2. The maximum Gasteiger partial charge on any atom is 0.0696 e. The lowest BCUT2D eigenvalue weighted by molar-refractivity contribution is -0.0339. The molecule has 3 N–H and O–H groups in total. The lowest BCUT2D eigenvalue weighted by Crippen LogP contribution is -2.72. The average Bonchev–Trinajstić information content (AvgIpc) is 3.31. The first-order chi connectivity index (χ1) is 17.6. The number of rotatable bonds is 3. The summed E-state index contributed by atoms with van der Waals surface area (Å²) in [5, 5.41) is 19.0. The molecule has 5 aliphatic carbocycles. The summed E-state index contributed by atoms with van der Waals surface area (Å²) in [7, 11) is 2.03. The maximum atomic E-state index is 11.1. The van der Waals surface area contributed by atoms with E-state index in [0.29, 0.717) is 17.3 Å². The summed E-state index contributed by atoms with van der Waals surface area (Å²) in [4.78, 5) is 0. The standard InChI is InChI=1S/C34H50N2O/c1-20(2)22-7-9-31(4)19-26(13-21(3)27(31)15-22)33-10-8-24-17-25-14-23-16-29(35-6)30(37)18-28(23)34(25,12-11-33)32(24,5)36-33/h11-13,22-25,28-30,35-37H,1,7-10,14-19H2,2-6H3/t22-,23-,24-,25+,28-,29+,30+,31+,32-,33+,34-/m1/s1. The van der Waals surface area contributed by atoms with Crippen molar-refractivity contribution in [3.8, 4) is 0 Å². The van der Waals surface area contributed by atoms with Crippen molar-refractivity contribution in [1.82, 2.24) is 10.6 Å². The second-order valence-corrected chi connectivity index (χ2v) is 15.1. The van der Waals surface area contributed by atoms with E-state index in [9.17, 15) is 5.11 Å². The first kappa shape index (κ1) is 24.9. The Kier molecular flexibility index (Phi) is 5.34. The molecule has 0 unspecified atom stereocenters. The molecule has 1 spiro atoms. The van der Waals surface area contributed by atoms with E-state index < -0.39 is 0 Å². The molecule has 0 radical (unpaired) electrons. The third kappa shape index (κ3) is 3.11. The normalized spacial score (nSPS) is 53.9. The van der Waals surface area contributed by atoms with Gasteiger partial charge in [0.25, 0.3) is 0 Å². The van der Waals surface area contributed by atoms with Crippen LogP contribution in [0.2, 0.25) is 0 Å². The second-order valence-electron chi connectivity index (χ2n) is 15.1. The number of aliphatic hydroxyl groups is 1. The average molecular weight is 503 g/mol. The van der Waals surface area contributed by atoms with Gasteiger partial charge in [0.05, 0.1) is 11.6 Å². The topological polar surface area (TPSA) is 44.3 Å². The Morgan fingerprint density at radius 3 is 2.65 bits per heavy atom. The van der Waals surface area contributed by atoms with E-state index in [2.05, 4.69) is 63.1 Å². The van der Waals surface area contributed by atoms with Gasteiger partial charge in [0.2, 0.25) is 0 Å². The molecule has 7 rings (SSSR count). The third-order valence-electron chi connectivity index (χ3n) is 13.6. The highest BCUT2D eigenvalue weighted by Crippen LogP contribution is 2.73. The predicted molar refractivity (Wildman–Crippen MR) is 152 cm³/mol. The minimum Gasteiger partial charge on any atom is -0.391 e. The van der Waals surface area contributed by atoms with Gasteiger partial charge in [-0.2, -0.15) is 0 Å². The molecule has 3 heteroatoms. The molecule has 0 aromatic heterocycles. The van der Waals surface area contributed by atoms with E-state index in [1.54, 1.807) is 11.1 Å². The Balaban J connectivity index is 1.27. The number of allylic oxidation sites excluding steroid dienone is 4. The van der Waals surface area contributed by atoms with Gasteiger partial charge in [-0.1, -0.05) is 48.5 Å². The molecule has 202 valence electrons. The smallest absolute Gasteiger partial charge is 0.0696 e. The lowest BCUT2D eigenvalue weighted by atomic mass is 9.51. The second kappa shape index (κ2) is 7.95. The Bertz CT molecular complexity index is 1120. The van der Waals surface area contributed by atoms with Crippen LogP contribution < -0.4 is 10.6 Å². The van der Waals surface area contributed by atoms with E-state index >= 15 is 0 Å².